The highest BCUT2D eigenvalue weighted by atomic mass is 32.3. The van der Waals surface area contributed by atoms with Gasteiger partial charge < -0.3 is 0 Å². The Balaban J connectivity index is 3.71. The van der Waals surface area contributed by atoms with Crippen LogP contribution >= 0.6 is 0 Å². The maximum atomic E-state index is 11.0. The lowest BCUT2D eigenvalue weighted by atomic mass is 9.94. The van der Waals surface area contributed by atoms with Crippen LogP contribution in [0.3, 0.4) is 0 Å². The van der Waals surface area contributed by atoms with Gasteiger partial charge in [-0.1, -0.05) is 181 Å². The average molecular weight is 547 g/mol. The monoisotopic (exact) mass is 546 g/mol. The first-order chi connectivity index (χ1) is 18.0. The predicted octanol–water partition coefficient (Wildman–Crippen LogP) is 11.4. The van der Waals surface area contributed by atoms with Crippen LogP contribution in [-0.4, -0.2) is 19.6 Å². The minimum atomic E-state index is -4.33. The molecule has 0 aliphatic heterocycles. The largest absolute Gasteiger partial charge is 0.397 e. The van der Waals surface area contributed by atoms with Crippen LogP contribution in [0.2, 0.25) is 0 Å². The van der Waals surface area contributed by atoms with Crippen molar-refractivity contribution in [1.82, 2.24) is 0 Å². The summed E-state index contributed by atoms with van der Waals surface area (Å²) in [5, 5.41) is 0. The smallest absolute Gasteiger partial charge is 0.264 e. The molecule has 0 radical (unpaired) electrons. The van der Waals surface area contributed by atoms with Crippen LogP contribution in [0, 0.1) is 5.92 Å². The molecule has 0 saturated carbocycles. The molecule has 0 aliphatic carbocycles. The van der Waals surface area contributed by atoms with Crippen molar-refractivity contribution in [3.8, 4) is 0 Å². The molecule has 224 valence electrons. The molecule has 0 aliphatic rings. The van der Waals surface area contributed by atoms with E-state index in [-0.39, 0.29) is 12.5 Å². The topological polar surface area (TPSA) is 63.6 Å². The van der Waals surface area contributed by atoms with Crippen LogP contribution in [0.25, 0.3) is 0 Å². The molecule has 0 aromatic heterocycles. The highest BCUT2D eigenvalue weighted by molar-refractivity contribution is 7.80. The van der Waals surface area contributed by atoms with Crippen molar-refractivity contribution in [2.75, 3.05) is 6.61 Å². The molecule has 1 atom stereocenters. The van der Waals surface area contributed by atoms with Crippen molar-refractivity contribution in [3.63, 3.8) is 0 Å². The first-order valence-corrected chi connectivity index (χ1v) is 18.0. The minimum Gasteiger partial charge on any atom is -0.264 e. The van der Waals surface area contributed by atoms with Gasteiger partial charge in [0, 0.05) is 0 Å². The summed E-state index contributed by atoms with van der Waals surface area (Å²) in [6.07, 6.45) is 36.8. The first kappa shape index (κ1) is 36.9. The third-order valence-corrected chi connectivity index (χ3v) is 8.32. The molecule has 0 aromatic rings. The summed E-state index contributed by atoms with van der Waals surface area (Å²) in [5.41, 5.74) is 0. The molecule has 0 bridgehead atoms. The normalized spacial score (nSPS) is 12.8. The van der Waals surface area contributed by atoms with E-state index in [9.17, 15) is 8.42 Å². The van der Waals surface area contributed by atoms with Gasteiger partial charge in [0.05, 0.1) is 6.61 Å². The van der Waals surface area contributed by atoms with Crippen LogP contribution in [0.1, 0.15) is 194 Å². The van der Waals surface area contributed by atoms with Gasteiger partial charge in [-0.05, 0) is 18.8 Å². The van der Waals surface area contributed by atoms with E-state index < -0.39 is 10.4 Å². The standard InChI is InChI=1S/C32H66O4S/c1-3-5-7-9-11-13-15-17-18-20-22-24-26-28-30-32(31-36-37(33,34)35)29-27-25-23-21-19-16-14-12-10-8-6-4-2/h32H,3-31H2,1-2H3,(H,33,34,35). The van der Waals surface area contributed by atoms with Gasteiger partial charge >= 0.3 is 10.4 Å². The van der Waals surface area contributed by atoms with Gasteiger partial charge in [0.15, 0.2) is 0 Å². The number of hydrogen-bond acceptors (Lipinski definition) is 3. The van der Waals surface area contributed by atoms with E-state index in [0.29, 0.717) is 0 Å². The van der Waals surface area contributed by atoms with Crippen molar-refractivity contribution >= 4 is 10.4 Å². The van der Waals surface area contributed by atoms with Crippen LogP contribution in [-0.2, 0) is 14.6 Å². The number of unbranched alkanes of at least 4 members (excludes halogenated alkanes) is 24. The highest BCUT2D eigenvalue weighted by Crippen LogP contribution is 2.21. The van der Waals surface area contributed by atoms with E-state index in [0.717, 1.165) is 25.7 Å². The molecule has 0 heterocycles. The fourth-order valence-corrected chi connectivity index (χ4v) is 5.76. The van der Waals surface area contributed by atoms with Gasteiger partial charge in [-0.15, -0.1) is 0 Å². The lowest BCUT2D eigenvalue weighted by Gasteiger charge is -2.16. The maximum Gasteiger partial charge on any atom is 0.397 e. The zero-order valence-electron chi connectivity index (χ0n) is 25.2. The molecule has 5 heteroatoms. The second kappa shape index (κ2) is 28.9. The van der Waals surface area contributed by atoms with Crippen LogP contribution < -0.4 is 0 Å². The number of rotatable bonds is 31. The van der Waals surface area contributed by atoms with Crippen LogP contribution in [0.15, 0.2) is 0 Å². The lowest BCUT2D eigenvalue weighted by Crippen LogP contribution is -2.14. The summed E-state index contributed by atoms with van der Waals surface area (Å²) in [6, 6.07) is 0. The molecule has 0 aromatic carbocycles. The Labute approximate surface area is 233 Å². The Hall–Kier alpha value is -0.130. The number of hydrogen-bond donors (Lipinski definition) is 1. The van der Waals surface area contributed by atoms with Crippen LogP contribution in [0.4, 0.5) is 0 Å². The Kier molecular flexibility index (Phi) is 28.8. The lowest BCUT2D eigenvalue weighted by molar-refractivity contribution is 0.204. The Bertz CT molecular complexity index is 535. The molecule has 0 spiro atoms. The molecule has 0 amide bonds. The maximum absolute atomic E-state index is 11.0. The van der Waals surface area contributed by atoms with E-state index in [1.807, 2.05) is 0 Å². The van der Waals surface area contributed by atoms with Gasteiger partial charge in [0.2, 0.25) is 0 Å². The Morgan fingerprint density at radius 3 is 0.946 bits per heavy atom. The van der Waals surface area contributed by atoms with Gasteiger partial charge in [0.1, 0.15) is 0 Å². The van der Waals surface area contributed by atoms with Gasteiger partial charge in [-0.25, -0.2) is 4.18 Å². The summed E-state index contributed by atoms with van der Waals surface area (Å²) >= 11 is 0. The van der Waals surface area contributed by atoms with E-state index in [4.69, 9.17) is 8.74 Å². The Morgan fingerprint density at radius 2 is 0.703 bits per heavy atom. The summed E-state index contributed by atoms with van der Waals surface area (Å²) in [6.45, 7) is 4.68. The summed E-state index contributed by atoms with van der Waals surface area (Å²) in [4.78, 5) is 0. The highest BCUT2D eigenvalue weighted by Gasteiger charge is 2.13. The fraction of sp³-hybridized carbons (Fsp3) is 1.00. The summed E-state index contributed by atoms with van der Waals surface area (Å²) in [7, 11) is -4.33. The van der Waals surface area contributed by atoms with E-state index in [2.05, 4.69) is 13.8 Å². The molecule has 1 N–H and O–H groups in total. The third-order valence-electron chi connectivity index (χ3n) is 7.88. The molecule has 0 rings (SSSR count). The Morgan fingerprint density at radius 1 is 0.459 bits per heavy atom. The summed E-state index contributed by atoms with van der Waals surface area (Å²) in [5.74, 6) is 0.238. The predicted molar refractivity (Wildman–Crippen MR) is 162 cm³/mol. The second-order valence-electron chi connectivity index (χ2n) is 11.6. The van der Waals surface area contributed by atoms with Crippen molar-refractivity contribution in [2.24, 2.45) is 5.92 Å². The minimum absolute atomic E-state index is 0.134. The van der Waals surface area contributed by atoms with Crippen LogP contribution in [0.5, 0.6) is 0 Å². The molecular formula is C32H66O4S. The molecule has 37 heavy (non-hydrogen) atoms. The van der Waals surface area contributed by atoms with Gasteiger partial charge in [-0.3, -0.25) is 4.55 Å². The van der Waals surface area contributed by atoms with Crippen molar-refractivity contribution in [1.29, 1.82) is 0 Å². The molecule has 0 fully saturated rings. The van der Waals surface area contributed by atoms with Crippen molar-refractivity contribution in [3.05, 3.63) is 0 Å². The average Bonchev–Trinajstić information content (AvgIpc) is 2.87. The summed E-state index contributed by atoms with van der Waals surface area (Å²) < 4.78 is 35.8. The molecule has 1 unspecified atom stereocenters. The third kappa shape index (κ3) is 32.0. The fourth-order valence-electron chi connectivity index (χ4n) is 5.39. The quantitative estimate of drug-likeness (QED) is 0.0693. The van der Waals surface area contributed by atoms with Gasteiger partial charge in [0.25, 0.3) is 0 Å². The van der Waals surface area contributed by atoms with Gasteiger partial charge in [-0.2, -0.15) is 8.42 Å². The van der Waals surface area contributed by atoms with E-state index in [1.54, 1.807) is 0 Å². The molecule has 0 saturated heterocycles. The second-order valence-corrected chi connectivity index (χ2v) is 12.7. The first-order valence-electron chi connectivity index (χ1n) is 16.6. The molecule has 4 nitrogen and oxygen atoms in total. The SMILES string of the molecule is CCCCCCCCCCCCCCCCC(CCCCCCCCCCCCCC)COS(=O)(=O)O. The van der Waals surface area contributed by atoms with Crippen molar-refractivity contribution in [2.45, 2.75) is 194 Å². The van der Waals surface area contributed by atoms with Crippen molar-refractivity contribution < 1.29 is 17.2 Å². The van der Waals surface area contributed by atoms with E-state index in [1.165, 1.54) is 154 Å². The van der Waals surface area contributed by atoms with E-state index >= 15 is 0 Å². The molecular weight excluding hydrogens is 480 g/mol. The zero-order chi connectivity index (χ0) is 27.3. The zero-order valence-corrected chi connectivity index (χ0v) is 26.0.